The summed E-state index contributed by atoms with van der Waals surface area (Å²) in [5.41, 5.74) is 0.487. The van der Waals surface area contributed by atoms with Gasteiger partial charge in [0.05, 0.1) is 6.54 Å². The summed E-state index contributed by atoms with van der Waals surface area (Å²) in [7, 11) is 0. The van der Waals surface area contributed by atoms with E-state index >= 15 is 0 Å². The SMILES string of the molecule is CCNC(=NCC(C)(O)c1ccsc1)NCCNC(=O)c1ccccc1. The number of rotatable bonds is 8. The second-order valence-electron chi connectivity index (χ2n) is 6.03. The second kappa shape index (κ2) is 9.94. The van der Waals surface area contributed by atoms with Crippen molar-refractivity contribution >= 4 is 23.2 Å². The first kappa shape index (κ1) is 19.9. The number of benzene rings is 1. The van der Waals surface area contributed by atoms with E-state index in [4.69, 9.17) is 0 Å². The van der Waals surface area contributed by atoms with E-state index in [1.54, 1.807) is 30.4 Å². The van der Waals surface area contributed by atoms with Gasteiger partial charge in [-0.1, -0.05) is 18.2 Å². The number of nitrogens with one attached hydrogen (secondary N) is 3. The molecular weight excluding hydrogens is 348 g/mol. The number of carbonyl (C=O) groups is 1. The average molecular weight is 375 g/mol. The minimum absolute atomic E-state index is 0.102. The van der Waals surface area contributed by atoms with Gasteiger partial charge in [0.1, 0.15) is 5.60 Å². The van der Waals surface area contributed by atoms with E-state index in [0.29, 0.717) is 31.2 Å². The van der Waals surface area contributed by atoms with E-state index in [1.807, 2.05) is 41.9 Å². The molecule has 0 aliphatic rings. The first-order valence-corrected chi connectivity index (χ1v) is 9.57. The molecule has 0 saturated carbocycles. The summed E-state index contributed by atoms with van der Waals surface area (Å²) in [4.78, 5) is 16.4. The van der Waals surface area contributed by atoms with Crippen LogP contribution < -0.4 is 16.0 Å². The molecule has 1 aromatic carbocycles. The van der Waals surface area contributed by atoms with Crippen LogP contribution in [0.2, 0.25) is 0 Å². The summed E-state index contributed by atoms with van der Waals surface area (Å²) < 4.78 is 0. The van der Waals surface area contributed by atoms with Gasteiger partial charge in [-0.2, -0.15) is 11.3 Å². The smallest absolute Gasteiger partial charge is 0.251 e. The second-order valence-corrected chi connectivity index (χ2v) is 6.81. The van der Waals surface area contributed by atoms with Gasteiger partial charge < -0.3 is 21.1 Å². The van der Waals surface area contributed by atoms with Crippen LogP contribution in [0.5, 0.6) is 0 Å². The third-order valence-corrected chi connectivity index (χ3v) is 4.45. The first-order chi connectivity index (χ1) is 12.5. The predicted molar refractivity (Wildman–Crippen MR) is 107 cm³/mol. The molecule has 1 unspecified atom stereocenters. The Bertz CT molecular complexity index is 700. The zero-order valence-electron chi connectivity index (χ0n) is 15.2. The maximum Gasteiger partial charge on any atom is 0.251 e. The number of aliphatic hydroxyl groups is 1. The van der Waals surface area contributed by atoms with Gasteiger partial charge in [0, 0.05) is 25.2 Å². The Kier molecular flexibility index (Phi) is 7.62. The van der Waals surface area contributed by atoms with Gasteiger partial charge in [0.15, 0.2) is 5.96 Å². The predicted octanol–water partition coefficient (Wildman–Crippen LogP) is 1.94. The van der Waals surface area contributed by atoms with Gasteiger partial charge >= 0.3 is 0 Å². The van der Waals surface area contributed by atoms with E-state index in [-0.39, 0.29) is 12.5 Å². The minimum Gasteiger partial charge on any atom is -0.383 e. The lowest BCUT2D eigenvalue weighted by atomic mass is 10.00. The Morgan fingerprint density at radius 2 is 1.88 bits per heavy atom. The number of hydrogen-bond donors (Lipinski definition) is 4. The van der Waals surface area contributed by atoms with Gasteiger partial charge in [0.2, 0.25) is 0 Å². The highest BCUT2D eigenvalue weighted by atomic mass is 32.1. The normalized spacial score (nSPS) is 13.7. The molecule has 2 rings (SSSR count). The largest absolute Gasteiger partial charge is 0.383 e. The summed E-state index contributed by atoms with van der Waals surface area (Å²) in [6.07, 6.45) is 0. The maximum absolute atomic E-state index is 12.0. The third kappa shape index (κ3) is 6.16. The Balaban J connectivity index is 1.81. The van der Waals surface area contributed by atoms with Crippen molar-refractivity contribution in [3.8, 4) is 0 Å². The van der Waals surface area contributed by atoms with Crippen molar-refractivity contribution in [3.05, 3.63) is 58.3 Å². The number of amides is 1. The summed E-state index contributed by atoms with van der Waals surface area (Å²) >= 11 is 1.55. The van der Waals surface area contributed by atoms with Crippen molar-refractivity contribution in [2.24, 2.45) is 4.99 Å². The van der Waals surface area contributed by atoms with Crippen LogP contribution in [0.25, 0.3) is 0 Å². The standard InChI is InChI=1S/C19H26N4O2S/c1-3-20-18(23-14-19(2,25)16-9-12-26-13-16)22-11-10-21-17(24)15-7-5-4-6-8-15/h4-9,12-13,25H,3,10-11,14H2,1-2H3,(H,21,24)(H2,20,22,23). The Morgan fingerprint density at radius 3 is 2.54 bits per heavy atom. The Labute approximate surface area is 158 Å². The van der Waals surface area contributed by atoms with Crippen LogP contribution >= 0.6 is 11.3 Å². The fraction of sp³-hybridized carbons (Fsp3) is 0.368. The maximum atomic E-state index is 12.0. The summed E-state index contributed by atoms with van der Waals surface area (Å²) in [6.45, 7) is 5.69. The molecule has 7 heteroatoms. The van der Waals surface area contributed by atoms with Crippen LogP contribution in [0.3, 0.4) is 0 Å². The van der Waals surface area contributed by atoms with Crippen LogP contribution in [-0.4, -0.2) is 43.2 Å². The third-order valence-electron chi connectivity index (χ3n) is 3.77. The molecule has 1 atom stereocenters. The van der Waals surface area contributed by atoms with Gasteiger partial charge in [-0.25, -0.2) is 4.99 Å². The zero-order chi connectivity index (χ0) is 18.8. The highest BCUT2D eigenvalue weighted by Crippen LogP contribution is 2.23. The molecule has 0 aliphatic heterocycles. The van der Waals surface area contributed by atoms with E-state index in [0.717, 1.165) is 5.56 Å². The fourth-order valence-electron chi connectivity index (χ4n) is 2.29. The van der Waals surface area contributed by atoms with Crippen LogP contribution in [0.1, 0.15) is 29.8 Å². The van der Waals surface area contributed by atoms with Crippen molar-refractivity contribution in [1.82, 2.24) is 16.0 Å². The lowest BCUT2D eigenvalue weighted by molar-refractivity contribution is 0.0677. The Hall–Kier alpha value is -2.38. The van der Waals surface area contributed by atoms with Crippen molar-refractivity contribution < 1.29 is 9.90 Å². The number of guanidine groups is 1. The summed E-state index contributed by atoms with van der Waals surface area (Å²) in [5, 5.41) is 23.6. The van der Waals surface area contributed by atoms with Crippen LogP contribution in [0, 0.1) is 0 Å². The molecule has 26 heavy (non-hydrogen) atoms. The molecular formula is C19H26N4O2S. The number of carbonyl (C=O) groups excluding carboxylic acids is 1. The minimum atomic E-state index is -1.01. The summed E-state index contributed by atoms with van der Waals surface area (Å²) in [6, 6.07) is 11.0. The lowest BCUT2D eigenvalue weighted by Crippen LogP contribution is -2.42. The molecule has 0 aliphatic carbocycles. The molecule has 0 spiro atoms. The summed E-state index contributed by atoms with van der Waals surface area (Å²) in [5.74, 6) is 0.506. The topological polar surface area (TPSA) is 85.8 Å². The number of nitrogens with zero attached hydrogens (tertiary/aromatic N) is 1. The van der Waals surface area contributed by atoms with E-state index < -0.39 is 5.60 Å². The van der Waals surface area contributed by atoms with E-state index in [2.05, 4.69) is 20.9 Å². The molecule has 0 fully saturated rings. The molecule has 4 N–H and O–H groups in total. The van der Waals surface area contributed by atoms with E-state index in [9.17, 15) is 9.90 Å². The molecule has 0 bridgehead atoms. The molecule has 1 aromatic heterocycles. The highest BCUT2D eigenvalue weighted by Gasteiger charge is 2.23. The lowest BCUT2D eigenvalue weighted by Gasteiger charge is -2.21. The van der Waals surface area contributed by atoms with Crippen LogP contribution in [0.4, 0.5) is 0 Å². The quantitative estimate of drug-likeness (QED) is 0.323. The molecule has 2 aromatic rings. The van der Waals surface area contributed by atoms with E-state index in [1.165, 1.54) is 0 Å². The fourth-order valence-corrected chi connectivity index (χ4v) is 3.07. The van der Waals surface area contributed by atoms with Crippen molar-refractivity contribution in [1.29, 1.82) is 0 Å². The molecule has 1 heterocycles. The van der Waals surface area contributed by atoms with Gasteiger partial charge in [-0.15, -0.1) is 0 Å². The average Bonchev–Trinajstić information content (AvgIpc) is 3.19. The van der Waals surface area contributed by atoms with Crippen LogP contribution in [-0.2, 0) is 5.60 Å². The molecule has 1 amide bonds. The van der Waals surface area contributed by atoms with Gasteiger partial charge in [-0.05, 0) is 48.4 Å². The van der Waals surface area contributed by atoms with Crippen molar-refractivity contribution in [2.45, 2.75) is 19.4 Å². The molecule has 0 saturated heterocycles. The van der Waals surface area contributed by atoms with Crippen molar-refractivity contribution in [3.63, 3.8) is 0 Å². The van der Waals surface area contributed by atoms with Crippen LogP contribution in [0.15, 0.2) is 52.2 Å². The first-order valence-electron chi connectivity index (χ1n) is 8.63. The molecule has 140 valence electrons. The molecule has 0 radical (unpaired) electrons. The monoisotopic (exact) mass is 374 g/mol. The van der Waals surface area contributed by atoms with Gasteiger partial charge in [0.25, 0.3) is 5.91 Å². The number of aliphatic imine (C=N–C) groups is 1. The van der Waals surface area contributed by atoms with Crippen molar-refractivity contribution in [2.75, 3.05) is 26.2 Å². The molecule has 6 nitrogen and oxygen atoms in total. The Morgan fingerprint density at radius 1 is 1.15 bits per heavy atom. The zero-order valence-corrected chi connectivity index (χ0v) is 16.0. The number of thiophene rings is 1. The number of hydrogen-bond acceptors (Lipinski definition) is 4. The van der Waals surface area contributed by atoms with Gasteiger partial charge in [-0.3, -0.25) is 4.79 Å². The highest BCUT2D eigenvalue weighted by molar-refractivity contribution is 7.08.